The molecule has 0 spiro atoms. The van der Waals surface area contributed by atoms with Gasteiger partial charge in [-0.2, -0.15) is 0 Å². The fourth-order valence-corrected chi connectivity index (χ4v) is 3.87. The molecule has 0 saturated heterocycles. The molecule has 0 atom stereocenters. The number of rotatable bonds is 8. The summed E-state index contributed by atoms with van der Waals surface area (Å²) in [6.45, 7) is 3.74. The fraction of sp³-hybridized carbons (Fsp3) is 0.192. The number of carbonyl (C=O) groups is 2. The Bertz CT molecular complexity index is 1400. The van der Waals surface area contributed by atoms with E-state index in [9.17, 15) is 23.5 Å². The maximum absolute atomic E-state index is 13.6. The van der Waals surface area contributed by atoms with Crippen molar-refractivity contribution in [2.45, 2.75) is 33.0 Å². The van der Waals surface area contributed by atoms with Crippen molar-refractivity contribution in [3.05, 3.63) is 94.9 Å². The molecule has 0 saturated carbocycles. The van der Waals surface area contributed by atoms with Crippen LogP contribution in [-0.2, 0) is 13.1 Å². The summed E-state index contributed by atoms with van der Waals surface area (Å²) in [5.74, 6) is -3.45. The summed E-state index contributed by atoms with van der Waals surface area (Å²) in [7, 11) is 0. The maximum atomic E-state index is 13.6. The predicted octanol–water partition coefficient (Wildman–Crippen LogP) is 4.78. The third-order valence-electron chi connectivity index (χ3n) is 5.32. The van der Waals surface area contributed by atoms with Crippen molar-refractivity contribution in [3.8, 4) is 5.75 Å². The smallest absolute Gasteiger partial charge is 0.353 e. The van der Waals surface area contributed by atoms with E-state index in [2.05, 4.69) is 10.3 Å². The van der Waals surface area contributed by atoms with Gasteiger partial charge in [0.15, 0.2) is 11.6 Å². The van der Waals surface area contributed by atoms with Crippen LogP contribution in [0, 0.1) is 11.6 Å². The van der Waals surface area contributed by atoms with E-state index < -0.39 is 23.5 Å². The molecule has 2 aromatic carbocycles. The molecule has 7 nitrogen and oxygen atoms in total. The lowest BCUT2D eigenvalue weighted by Crippen LogP contribution is -2.25. The lowest BCUT2D eigenvalue weighted by molar-refractivity contribution is 0.0680. The van der Waals surface area contributed by atoms with E-state index in [-0.39, 0.29) is 30.5 Å². The number of amides is 1. The largest absolute Gasteiger partial charge is 0.491 e. The van der Waals surface area contributed by atoms with E-state index in [1.54, 1.807) is 42.6 Å². The average molecular weight is 479 g/mol. The number of halogens is 2. The normalized spacial score (nSPS) is 11.1. The van der Waals surface area contributed by atoms with Gasteiger partial charge >= 0.3 is 5.97 Å². The lowest BCUT2D eigenvalue weighted by Gasteiger charge is -2.11. The number of aromatic nitrogens is 2. The molecule has 180 valence electrons. The van der Waals surface area contributed by atoms with Crippen LogP contribution in [0.5, 0.6) is 5.75 Å². The number of hydrogen-bond donors (Lipinski definition) is 2. The van der Waals surface area contributed by atoms with Crippen LogP contribution in [0.4, 0.5) is 8.78 Å². The first-order chi connectivity index (χ1) is 16.7. The fourth-order valence-electron chi connectivity index (χ4n) is 3.87. The van der Waals surface area contributed by atoms with Gasteiger partial charge in [0.05, 0.1) is 29.4 Å². The number of pyridine rings is 1. The summed E-state index contributed by atoms with van der Waals surface area (Å²) in [4.78, 5) is 29.9. The van der Waals surface area contributed by atoms with Crippen molar-refractivity contribution in [3.63, 3.8) is 0 Å². The molecule has 0 fully saturated rings. The Morgan fingerprint density at radius 2 is 1.89 bits per heavy atom. The van der Waals surface area contributed by atoms with Gasteiger partial charge in [-0.1, -0.05) is 12.1 Å². The number of ether oxygens (including phenoxy) is 1. The minimum atomic E-state index is -1.29. The van der Waals surface area contributed by atoms with Crippen molar-refractivity contribution in [1.29, 1.82) is 0 Å². The van der Waals surface area contributed by atoms with Gasteiger partial charge in [-0.3, -0.25) is 9.78 Å². The van der Waals surface area contributed by atoms with Crippen molar-refractivity contribution >= 4 is 22.8 Å². The average Bonchev–Trinajstić information content (AvgIpc) is 3.13. The number of benzene rings is 2. The third kappa shape index (κ3) is 5.13. The van der Waals surface area contributed by atoms with Crippen LogP contribution < -0.4 is 10.1 Å². The molecule has 0 aliphatic carbocycles. The second-order valence-electron chi connectivity index (χ2n) is 8.21. The summed E-state index contributed by atoms with van der Waals surface area (Å²) in [5, 5.41) is 13.1. The molecule has 4 rings (SSSR count). The SMILES string of the molecule is CC(C)Oc1ccc2c(C(=O)NCc3ccc(F)c(F)c3)c(C(=O)O)n(Cc3ccccn3)c2c1. The summed E-state index contributed by atoms with van der Waals surface area (Å²) in [6.07, 6.45) is 1.49. The highest BCUT2D eigenvalue weighted by atomic mass is 19.2. The van der Waals surface area contributed by atoms with E-state index in [0.717, 1.165) is 12.1 Å². The van der Waals surface area contributed by atoms with Crippen LogP contribution in [0.25, 0.3) is 10.9 Å². The van der Waals surface area contributed by atoms with Gasteiger partial charge in [0.1, 0.15) is 11.4 Å². The first-order valence-electron chi connectivity index (χ1n) is 10.9. The number of carboxylic acid groups (broad SMARTS) is 1. The van der Waals surface area contributed by atoms with Crippen LogP contribution in [0.2, 0.25) is 0 Å². The molecule has 0 unspecified atom stereocenters. The zero-order valence-electron chi connectivity index (χ0n) is 19.1. The van der Waals surface area contributed by atoms with Gasteiger partial charge in [-0.25, -0.2) is 13.6 Å². The highest BCUT2D eigenvalue weighted by Gasteiger charge is 2.28. The van der Waals surface area contributed by atoms with Crippen LogP contribution in [0.15, 0.2) is 60.8 Å². The van der Waals surface area contributed by atoms with Crippen molar-refractivity contribution in [2.24, 2.45) is 0 Å². The Morgan fingerprint density at radius 3 is 2.54 bits per heavy atom. The lowest BCUT2D eigenvalue weighted by atomic mass is 10.1. The molecule has 0 bridgehead atoms. The summed E-state index contributed by atoms with van der Waals surface area (Å²) in [5.41, 5.74) is 1.18. The summed E-state index contributed by atoms with van der Waals surface area (Å²) < 4.78 is 34.1. The molecular weight excluding hydrogens is 456 g/mol. The molecule has 0 aliphatic heterocycles. The molecule has 0 radical (unpaired) electrons. The number of fused-ring (bicyclic) bond motifs is 1. The van der Waals surface area contributed by atoms with E-state index in [0.29, 0.717) is 27.9 Å². The van der Waals surface area contributed by atoms with Crippen molar-refractivity contribution < 1.29 is 28.2 Å². The monoisotopic (exact) mass is 479 g/mol. The number of nitrogens with zero attached hydrogens (tertiary/aromatic N) is 2. The first-order valence-corrected chi connectivity index (χ1v) is 10.9. The van der Waals surface area contributed by atoms with Gasteiger partial charge in [-0.15, -0.1) is 0 Å². The molecule has 2 heterocycles. The Kier molecular flexibility index (Phi) is 6.77. The molecule has 2 aromatic heterocycles. The van der Waals surface area contributed by atoms with Crippen LogP contribution >= 0.6 is 0 Å². The third-order valence-corrected chi connectivity index (χ3v) is 5.32. The van der Waals surface area contributed by atoms with E-state index >= 15 is 0 Å². The zero-order valence-corrected chi connectivity index (χ0v) is 19.1. The van der Waals surface area contributed by atoms with Gasteiger partial charge < -0.3 is 19.7 Å². The maximum Gasteiger partial charge on any atom is 0.353 e. The van der Waals surface area contributed by atoms with Gasteiger partial charge in [-0.05, 0) is 55.8 Å². The predicted molar refractivity (Wildman–Crippen MR) is 126 cm³/mol. The molecule has 35 heavy (non-hydrogen) atoms. The highest BCUT2D eigenvalue weighted by Crippen LogP contribution is 2.31. The Morgan fingerprint density at radius 1 is 1.09 bits per heavy atom. The highest BCUT2D eigenvalue weighted by molar-refractivity contribution is 6.14. The summed E-state index contributed by atoms with van der Waals surface area (Å²) in [6, 6.07) is 13.6. The number of hydrogen-bond acceptors (Lipinski definition) is 4. The minimum Gasteiger partial charge on any atom is -0.491 e. The zero-order chi connectivity index (χ0) is 25.1. The van der Waals surface area contributed by atoms with Gasteiger partial charge in [0.25, 0.3) is 5.91 Å². The number of aromatic carboxylic acids is 1. The van der Waals surface area contributed by atoms with E-state index in [1.807, 2.05) is 13.8 Å². The van der Waals surface area contributed by atoms with Crippen LogP contribution in [-0.4, -0.2) is 32.6 Å². The molecule has 2 N–H and O–H groups in total. The quantitative estimate of drug-likeness (QED) is 0.380. The molecule has 9 heteroatoms. The number of carbonyl (C=O) groups excluding carboxylic acids is 1. The molecule has 0 aliphatic rings. The molecular formula is C26H23F2N3O4. The number of nitrogens with one attached hydrogen (secondary N) is 1. The van der Waals surface area contributed by atoms with E-state index in [4.69, 9.17) is 4.74 Å². The standard InChI is InChI=1S/C26H23F2N3O4/c1-15(2)35-18-7-8-19-22(12-18)31(14-17-5-3-4-10-29-17)24(26(33)34)23(19)25(32)30-13-16-6-9-20(27)21(28)11-16/h3-12,15H,13-14H2,1-2H3,(H,30,32)(H,33,34). The van der Waals surface area contributed by atoms with Gasteiger partial charge in [0, 0.05) is 24.2 Å². The number of carboxylic acids is 1. The molecule has 1 amide bonds. The Hall–Kier alpha value is -4.27. The van der Waals surface area contributed by atoms with Crippen molar-refractivity contribution in [1.82, 2.24) is 14.9 Å². The topological polar surface area (TPSA) is 93.5 Å². The van der Waals surface area contributed by atoms with Crippen LogP contribution in [0.3, 0.4) is 0 Å². The van der Waals surface area contributed by atoms with Gasteiger partial charge in [0.2, 0.25) is 0 Å². The van der Waals surface area contributed by atoms with E-state index in [1.165, 1.54) is 10.6 Å². The Balaban J connectivity index is 1.80. The van der Waals surface area contributed by atoms with Crippen LogP contribution in [0.1, 0.15) is 46.0 Å². The Labute approximate surface area is 200 Å². The summed E-state index contributed by atoms with van der Waals surface area (Å²) >= 11 is 0. The van der Waals surface area contributed by atoms with Crippen molar-refractivity contribution in [2.75, 3.05) is 0 Å². The second-order valence-corrected chi connectivity index (χ2v) is 8.21. The molecule has 4 aromatic rings. The first kappa shape index (κ1) is 23.9. The second kappa shape index (κ2) is 9.92. The minimum absolute atomic E-state index is 0.0397.